The van der Waals surface area contributed by atoms with Crippen molar-refractivity contribution in [1.82, 2.24) is 9.97 Å². The Bertz CT molecular complexity index is 946. The van der Waals surface area contributed by atoms with Gasteiger partial charge >= 0.3 is 0 Å². The van der Waals surface area contributed by atoms with Crippen LogP contribution in [0.25, 0.3) is 0 Å². The van der Waals surface area contributed by atoms with Crippen molar-refractivity contribution in [3.05, 3.63) is 82.3 Å². The minimum Gasteiger partial charge on any atom is -0.500 e. The average Bonchev–Trinajstić information content (AvgIpc) is 2.72. The van der Waals surface area contributed by atoms with Crippen molar-refractivity contribution >= 4 is 27.7 Å². The number of anilines is 2. The number of benzene rings is 1. The number of nitrogens with one attached hydrogen (secondary N) is 2. The van der Waals surface area contributed by atoms with Crippen LogP contribution in [0.3, 0.4) is 0 Å². The molecule has 0 bridgehead atoms. The van der Waals surface area contributed by atoms with Gasteiger partial charge in [0.15, 0.2) is 0 Å². The highest BCUT2D eigenvalue weighted by Gasteiger charge is 2.13. The topological polar surface area (TPSA) is 59.1 Å². The molecule has 0 saturated heterocycles. The van der Waals surface area contributed by atoms with Crippen LogP contribution in [0.5, 0.6) is 0 Å². The van der Waals surface area contributed by atoms with E-state index < -0.39 is 0 Å². The summed E-state index contributed by atoms with van der Waals surface area (Å²) in [6, 6.07) is 10.3. The van der Waals surface area contributed by atoms with Crippen molar-refractivity contribution in [3.63, 3.8) is 0 Å². The third-order valence-corrected chi connectivity index (χ3v) is 5.62. The van der Waals surface area contributed by atoms with Gasteiger partial charge in [0, 0.05) is 17.8 Å². The van der Waals surface area contributed by atoms with E-state index in [-0.39, 0.29) is 11.3 Å². The molecule has 1 heterocycles. The van der Waals surface area contributed by atoms with Gasteiger partial charge in [-0.15, -0.1) is 0 Å². The molecule has 0 aliphatic carbocycles. The van der Waals surface area contributed by atoms with E-state index in [9.17, 15) is 0 Å². The second kappa shape index (κ2) is 11.1. The molecule has 2 N–H and O–H groups in total. The lowest BCUT2D eigenvalue weighted by Gasteiger charge is -2.20. The minimum absolute atomic E-state index is 0.0833. The van der Waals surface area contributed by atoms with Crippen molar-refractivity contribution in [3.8, 4) is 0 Å². The van der Waals surface area contributed by atoms with Gasteiger partial charge in [0.1, 0.15) is 11.6 Å². The van der Waals surface area contributed by atoms with Crippen LogP contribution >= 0.6 is 15.9 Å². The molecule has 0 radical (unpaired) electrons. The fourth-order valence-corrected chi connectivity index (χ4v) is 2.99. The second-order valence-electron chi connectivity index (χ2n) is 8.51. The van der Waals surface area contributed by atoms with E-state index in [0.717, 1.165) is 15.9 Å². The Hall–Kier alpha value is -2.60. The Morgan fingerprint density at radius 3 is 2.55 bits per heavy atom. The minimum atomic E-state index is 0.0833. The lowest BCUT2D eigenvalue weighted by molar-refractivity contribution is 0.287. The average molecular weight is 485 g/mol. The summed E-state index contributed by atoms with van der Waals surface area (Å²) in [7, 11) is 1.68. The van der Waals surface area contributed by atoms with Crippen LogP contribution in [-0.2, 0) is 4.74 Å². The molecule has 0 spiro atoms. The van der Waals surface area contributed by atoms with Crippen LogP contribution in [0, 0.1) is 5.41 Å². The number of hydrogen-bond acceptors (Lipinski definition) is 5. The van der Waals surface area contributed by atoms with Crippen molar-refractivity contribution in [2.45, 2.75) is 40.5 Å². The first-order valence-electron chi connectivity index (χ1n) is 10.3. The standard InChI is InChI=1S/C25H33BrN4O/c1-17(20-11-9-8-10-12-20)13-21(31-7)15-27-24-28-16-22(26)23(30-24)29-19(3)14-18(2)25(4,5)6/h8-14,16-17H,3,15H2,1-2,4-7H3,(H2,27,28,29,30)/b18-14+,21-13-. The van der Waals surface area contributed by atoms with Crippen LogP contribution in [-0.4, -0.2) is 23.6 Å². The Morgan fingerprint density at radius 2 is 1.94 bits per heavy atom. The van der Waals surface area contributed by atoms with E-state index in [4.69, 9.17) is 4.74 Å². The largest absolute Gasteiger partial charge is 0.500 e. The fourth-order valence-electron chi connectivity index (χ4n) is 2.70. The summed E-state index contributed by atoms with van der Waals surface area (Å²) in [6.45, 7) is 15.4. The number of ether oxygens (including phenoxy) is 1. The normalized spacial score (nSPS) is 13.5. The maximum absolute atomic E-state index is 5.55. The summed E-state index contributed by atoms with van der Waals surface area (Å²) in [5, 5.41) is 6.49. The number of nitrogens with zero attached hydrogens (tertiary/aromatic N) is 2. The molecule has 6 heteroatoms. The first kappa shape index (κ1) is 24.7. The van der Waals surface area contributed by atoms with Crippen molar-refractivity contribution < 1.29 is 4.74 Å². The molecule has 0 saturated carbocycles. The Kier molecular flexibility index (Phi) is 8.87. The van der Waals surface area contributed by atoms with Gasteiger partial charge in [-0.2, -0.15) is 4.98 Å². The van der Waals surface area contributed by atoms with Gasteiger partial charge in [-0.1, -0.05) is 70.2 Å². The predicted molar refractivity (Wildman–Crippen MR) is 134 cm³/mol. The quantitative estimate of drug-likeness (QED) is 0.299. The maximum Gasteiger partial charge on any atom is 0.225 e. The second-order valence-corrected chi connectivity index (χ2v) is 9.36. The van der Waals surface area contributed by atoms with Crippen molar-refractivity contribution in [2.75, 3.05) is 24.3 Å². The van der Waals surface area contributed by atoms with Crippen LogP contribution in [0.1, 0.15) is 46.1 Å². The summed E-state index contributed by atoms with van der Waals surface area (Å²) < 4.78 is 6.32. The SMILES string of the molecule is C=C(/C=C(\C)C(C)(C)C)Nc1nc(NC/C(=C/C(C)c2ccccc2)OC)ncc1Br. The molecule has 0 amide bonds. The van der Waals surface area contributed by atoms with Crippen molar-refractivity contribution in [1.29, 1.82) is 0 Å². The van der Waals surface area contributed by atoms with Gasteiger partial charge in [-0.25, -0.2) is 4.98 Å². The zero-order valence-electron chi connectivity index (χ0n) is 19.3. The number of methoxy groups -OCH3 is 1. The maximum atomic E-state index is 5.55. The van der Waals surface area contributed by atoms with Crippen LogP contribution < -0.4 is 10.6 Å². The van der Waals surface area contributed by atoms with E-state index in [0.29, 0.717) is 18.3 Å². The number of halogens is 1. The van der Waals surface area contributed by atoms with E-state index >= 15 is 0 Å². The summed E-state index contributed by atoms with van der Waals surface area (Å²) in [6.07, 6.45) is 5.86. The smallest absolute Gasteiger partial charge is 0.225 e. The molecule has 1 aromatic heterocycles. The molecular formula is C25H33BrN4O. The zero-order valence-corrected chi connectivity index (χ0v) is 20.9. The van der Waals surface area contributed by atoms with Gasteiger partial charge in [0.2, 0.25) is 5.95 Å². The molecule has 0 fully saturated rings. The zero-order chi connectivity index (χ0) is 23.0. The third-order valence-electron chi connectivity index (χ3n) is 5.04. The summed E-state index contributed by atoms with van der Waals surface area (Å²) in [4.78, 5) is 8.93. The van der Waals surface area contributed by atoms with Gasteiger partial charge in [-0.3, -0.25) is 0 Å². The van der Waals surface area contributed by atoms with E-state index in [2.05, 4.69) is 95.9 Å². The van der Waals surface area contributed by atoms with E-state index in [1.54, 1.807) is 13.3 Å². The molecule has 1 atom stereocenters. The fraction of sp³-hybridized carbons (Fsp3) is 0.360. The highest BCUT2D eigenvalue weighted by atomic mass is 79.9. The van der Waals surface area contributed by atoms with Gasteiger partial charge in [0.25, 0.3) is 0 Å². The number of rotatable bonds is 9. The predicted octanol–water partition coefficient (Wildman–Crippen LogP) is 6.90. The monoisotopic (exact) mass is 484 g/mol. The Balaban J connectivity index is 2.07. The molecule has 1 aromatic carbocycles. The van der Waals surface area contributed by atoms with Crippen molar-refractivity contribution in [2.24, 2.45) is 5.41 Å². The summed E-state index contributed by atoms with van der Waals surface area (Å²) >= 11 is 3.50. The lowest BCUT2D eigenvalue weighted by Crippen LogP contribution is -2.12. The number of allylic oxidation sites excluding steroid dienone is 3. The molecule has 5 nitrogen and oxygen atoms in total. The Morgan fingerprint density at radius 1 is 1.26 bits per heavy atom. The molecule has 0 aliphatic heterocycles. The Labute approximate surface area is 194 Å². The highest BCUT2D eigenvalue weighted by molar-refractivity contribution is 9.10. The molecule has 31 heavy (non-hydrogen) atoms. The molecule has 2 aromatic rings. The number of hydrogen-bond donors (Lipinski definition) is 2. The van der Waals surface area contributed by atoms with E-state index in [1.165, 1.54) is 11.1 Å². The van der Waals surface area contributed by atoms with Crippen LogP contribution in [0.2, 0.25) is 0 Å². The molecular weight excluding hydrogens is 452 g/mol. The van der Waals surface area contributed by atoms with E-state index in [1.807, 2.05) is 24.3 Å². The molecule has 166 valence electrons. The molecule has 0 aliphatic rings. The highest BCUT2D eigenvalue weighted by Crippen LogP contribution is 2.27. The van der Waals surface area contributed by atoms with Gasteiger partial charge < -0.3 is 15.4 Å². The van der Waals surface area contributed by atoms with Crippen LogP contribution in [0.15, 0.2) is 76.8 Å². The first-order chi connectivity index (χ1) is 14.6. The van der Waals surface area contributed by atoms with Gasteiger partial charge in [-0.05, 0) is 46.0 Å². The summed E-state index contributed by atoms with van der Waals surface area (Å²) in [5.41, 5.74) is 3.32. The first-order valence-corrected chi connectivity index (χ1v) is 11.1. The third kappa shape index (κ3) is 7.87. The molecule has 2 rings (SSSR count). The number of aromatic nitrogens is 2. The lowest BCUT2D eigenvalue weighted by atomic mass is 9.87. The molecule has 1 unspecified atom stereocenters. The van der Waals surface area contributed by atoms with Crippen LogP contribution in [0.4, 0.5) is 11.8 Å². The van der Waals surface area contributed by atoms with Gasteiger partial charge in [0.05, 0.1) is 18.1 Å². The summed E-state index contributed by atoms with van der Waals surface area (Å²) in [5.74, 6) is 2.22.